The molecular weight excluding hydrogens is 96.0 g/mol. The smallest absolute Gasteiger partial charge is 0.0797 e. The summed E-state index contributed by atoms with van der Waals surface area (Å²) in [6.45, 7) is 3.06. The van der Waals surface area contributed by atoms with Crippen LogP contribution in [0.4, 0.5) is 0 Å². The van der Waals surface area contributed by atoms with E-state index >= 15 is 0 Å². The lowest BCUT2D eigenvalue weighted by molar-refractivity contribution is -1.14. The van der Waals surface area contributed by atoms with Crippen LogP contribution in [0.2, 0.25) is 0 Å². The molecule has 0 aliphatic rings. The van der Waals surface area contributed by atoms with E-state index in [1.54, 1.807) is 0 Å². The Bertz CT molecular complexity index is 62.7. The van der Waals surface area contributed by atoms with E-state index in [0.717, 1.165) is 5.12 Å². The van der Waals surface area contributed by atoms with Gasteiger partial charge in [-0.1, -0.05) is 0 Å². The van der Waals surface area contributed by atoms with E-state index in [2.05, 4.69) is 11.8 Å². The highest BCUT2D eigenvalue weighted by molar-refractivity contribution is 5.21. The van der Waals surface area contributed by atoms with Crippen molar-refractivity contribution in [2.45, 2.75) is 0 Å². The zero-order valence-corrected chi connectivity index (χ0v) is 4.05. The van der Waals surface area contributed by atoms with Crippen molar-refractivity contribution in [3.63, 3.8) is 0 Å². The lowest BCUT2D eigenvalue weighted by atomic mass is 11.4. The number of hydrogen-bond acceptors (Lipinski definition) is 3. The number of quaternary nitrogens is 1. The van der Waals surface area contributed by atoms with Crippen LogP contribution in [-0.4, -0.2) is 24.1 Å². The monoisotopic (exact) mass is 104 g/mol. The Balaban J connectivity index is 3.33. The molecule has 5 nitrogen and oxygen atoms in total. The highest BCUT2D eigenvalue weighted by Gasteiger charge is 1.89. The SMILES string of the molecule is C=NN(C)[NH+]([NH-])O. The first kappa shape index (κ1) is 6.35. The Morgan fingerprint density at radius 2 is 2.43 bits per heavy atom. The van der Waals surface area contributed by atoms with Gasteiger partial charge in [-0.05, 0) is 0 Å². The van der Waals surface area contributed by atoms with Gasteiger partial charge < -0.3 is 5.84 Å². The second-order valence-corrected chi connectivity index (χ2v) is 0.989. The van der Waals surface area contributed by atoms with Crippen LogP contribution >= 0.6 is 0 Å². The molecule has 7 heavy (non-hydrogen) atoms. The van der Waals surface area contributed by atoms with Gasteiger partial charge in [0.15, 0.2) is 0 Å². The summed E-state index contributed by atoms with van der Waals surface area (Å²) >= 11 is 0. The molecule has 1 atom stereocenters. The molecule has 3 N–H and O–H groups in total. The first-order chi connectivity index (χ1) is 3.18. The molecule has 0 radical (unpaired) electrons. The van der Waals surface area contributed by atoms with Crippen molar-refractivity contribution >= 4 is 6.72 Å². The van der Waals surface area contributed by atoms with Crippen molar-refractivity contribution in [3.8, 4) is 0 Å². The summed E-state index contributed by atoms with van der Waals surface area (Å²) in [5.41, 5.74) is 0. The second kappa shape index (κ2) is 2.51. The summed E-state index contributed by atoms with van der Waals surface area (Å²) in [5, 5.41) is 11.7. The van der Waals surface area contributed by atoms with E-state index in [4.69, 9.17) is 11.0 Å². The largest absolute Gasteiger partial charge is 0.405 e. The number of hydrogen-bond donors (Lipinski definition) is 2. The molecule has 0 amide bonds. The first-order valence-corrected chi connectivity index (χ1v) is 1.66. The first-order valence-electron chi connectivity index (χ1n) is 1.66. The summed E-state index contributed by atoms with van der Waals surface area (Å²) in [4.78, 5) is 0. The van der Waals surface area contributed by atoms with Gasteiger partial charge >= 0.3 is 0 Å². The summed E-state index contributed by atoms with van der Waals surface area (Å²) < 4.78 is 0. The minimum Gasteiger partial charge on any atom is -0.405 e. The van der Waals surface area contributed by atoms with E-state index in [9.17, 15) is 0 Å². The maximum Gasteiger partial charge on any atom is 0.0797 e. The Morgan fingerprint density at radius 3 is 2.43 bits per heavy atom. The third-order valence-electron chi connectivity index (χ3n) is 0.519. The van der Waals surface area contributed by atoms with Crippen LogP contribution in [0.25, 0.3) is 5.84 Å². The molecule has 0 spiro atoms. The predicted octanol–water partition coefficient (Wildman–Crippen LogP) is -1.31. The highest BCUT2D eigenvalue weighted by Crippen LogP contribution is 1.58. The van der Waals surface area contributed by atoms with Gasteiger partial charge in [0, 0.05) is 6.72 Å². The van der Waals surface area contributed by atoms with Crippen LogP contribution in [0, 0.1) is 0 Å². The number of hydrazone groups is 1. The van der Waals surface area contributed by atoms with Crippen LogP contribution < -0.4 is 5.28 Å². The fraction of sp³-hybridized carbons (Fsp3) is 0.500. The minimum atomic E-state index is -0.602. The molecule has 0 saturated heterocycles. The lowest BCUT2D eigenvalue weighted by Crippen LogP contribution is -3.08. The molecule has 5 heteroatoms. The Kier molecular flexibility index (Phi) is 2.28. The number of rotatable bonds is 2. The fourth-order valence-electron chi connectivity index (χ4n) is 0.0670. The van der Waals surface area contributed by atoms with E-state index in [0.29, 0.717) is 0 Å². The number of nitrogens with zero attached hydrogens (tertiary/aromatic N) is 2. The van der Waals surface area contributed by atoms with Crippen molar-refractivity contribution in [2.24, 2.45) is 5.10 Å². The van der Waals surface area contributed by atoms with Crippen LogP contribution in [0.15, 0.2) is 5.10 Å². The molecule has 0 bridgehead atoms. The third kappa shape index (κ3) is 2.10. The molecule has 0 saturated carbocycles. The van der Waals surface area contributed by atoms with Crippen LogP contribution in [-0.2, 0) is 0 Å². The summed E-state index contributed by atoms with van der Waals surface area (Å²) in [5.74, 6) is 6.45. The molecule has 0 heterocycles. The molecule has 42 valence electrons. The van der Waals surface area contributed by atoms with Crippen molar-refractivity contribution in [2.75, 3.05) is 7.05 Å². The van der Waals surface area contributed by atoms with Crippen LogP contribution in [0.1, 0.15) is 0 Å². The predicted molar refractivity (Wildman–Crippen MR) is 24.4 cm³/mol. The van der Waals surface area contributed by atoms with Crippen LogP contribution in [0.3, 0.4) is 0 Å². The standard InChI is InChI=1S/C2H8N4O/c1-4-5(2)6(3)7/h3,6-7H,1H2,2H3. The van der Waals surface area contributed by atoms with Gasteiger partial charge in [0.1, 0.15) is 0 Å². The minimum absolute atomic E-state index is 0.602. The average molecular weight is 104 g/mol. The molecule has 0 aromatic carbocycles. The average Bonchev–Trinajstić information content (AvgIpc) is 1.65. The van der Waals surface area contributed by atoms with Crippen molar-refractivity contribution < 1.29 is 10.5 Å². The van der Waals surface area contributed by atoms with Gasteiger partial charge in [-0.15, -0.1) is 15.5 Å². The summed E-state index contributed by atoms with van der Waals surface area (Å²) in [7, 11) is 1.43. The molecule has 0 aromatic heterocycles. The molecular formula is C2H8N4O. The molecule has 0 aliphatic carbocycles. The van der Waals surface area contributed by atoms with Gasteiger partial charge in [0.2, 0.25) is 0 Å². The molecule has 0 aliphatic heterocycles. The summed E-state index contributed by atoms with van der Waals surface area (Å²) in [6.07, 6.45) is 0. The van der Waals surface area contributed by atoms with Crippen LogP contribution in [0.5, 0.6) is 0 Å². The molecule has 0 fully saturated rings. The van der Waals surface area contributed by atoms with Gasteiger partial charge in [-0.25, -0.2) is 5.21 Å². The van der Waals surface area contributed by atoms with E-state index < -0.39 is 5.28 Å². The Labute approximate surface area is 41.5 Å². The van der Waals surface area contributed by atoms with Gasteiger partial charge in [-0.2, -0.15) is 0 Å². The van der Waals surface area contributed by atoms with Crippen molar-refractivity contribution in [1.29, 1.82) is 0 Å². The zero-order valence-electron chi connectivity index (χ0n) is 4.05. The highest BCUT2D eigenvalue weighted by atomic mass is 16.6. The van der Waals surface area contributed by atoms with Gasteiger partial charge in [-0.3, -0.25) is 0 Å². The zero-order chi connectivity index (χ0) is 5.86. The van der Waals surface area contributed by atoms with Crippen molar-refractivity contribution in [3.05, 3.63) is 5.84 Å². The van der Waals surface area contributed by atoms with E-state index in [1.165, 1.54) is 7.05 Å². The summed E-state index contributed by atoms with van der Waals surface area (Å²) in [6, 6.07) is 0. The normalized spacial score (nSPS) is 13.0. The van der Waals surface area contributed by atoms with Crippen molar-refractivity contribution in [1.82, 2.24) is 5.12 Å². The quantitative estimate of drug-likeness (QED) is 0.337. The Hall–Kier alpha value is -0.650. The Morgan fingerprint density at radius 1 is 2.00 bits per heavy atom. The topological polar surface area (TPSA) is 64.1 Å². The van der Waals surface area contributed by atoms with Gasteiger partial charge in [0.05, 0.1) is 7.05 Å². The maximum atomic E-state index is 8.20. The second-order valence-electron chi connectivity index (χ2n) is 0.989. The van der Waals surface area contributed by atoms with Gasteiger partial charge in [0.25, 0.3) is 0 Å². The molecule has 1 unspecified atom stereocenters. The fourth-order valence-corrected chi connectivity index (χ4v) is 0.0670. The molecule has 0 rings (SSSR count). The molecule has 0 aromatic rings. The number of nitrogens with one attached hydrogen (secondary N) is 2. The lowest BCUT2D eigenvalue weighted by Gasteiger charge is -2.17. The van der Waals surface area contributed by atoms with E-state index in [1.807, 2.05) is 0 Å². The van der Waals surface area contributed by atoms with E-state index in [-0.39, 0.29) is 0 Å². The maximum absolute atomic E-state index is 8.20. The third-order valence-corrected chi connectivity index (χ3v) is 0.519.